The van der Waals surface area contributed by atoms with Gasteiger partial charge in [-0.1, -0.05) is 42.5 Å². The van der Waals surface area contributed by atoms with E-state index in [1.807, 2.05) is 36.4 Å². The number of nitrogens with zero attached hydrogens (tertiary/aromatic N) is 1. The van der Waals surface area contributed by atoms with Gasteiger partial charge in [-0.25, -0.2) is 8.42 Å². The molecule has 0 atom stereocenters. The highest BCUT2D eigenvalue weighted by atomic mass is 32.2. The summed E-state index contributed by atoms with van der Waals surface area (Å²) >= 11 is 0. The molecule has 3 aromatic carbocycles. The van der Waals surface area contributed by atoms with Gasteiger partial charge in [-0.15, -0.1) is 0 Å². The molecule has 3 rings (SSSR count). The van der Waals surface area contributed by atoms with Crippen molar-refractivity contribution in [3.05, 3.63) is 90.5 Å². The van der Waals surface area contributed by atoms with Crippen LogP contribution < -0.4 is 14.4 Å². The normalized spacial score (nSPS) is 10.9. The first kappa shape index (κ1) is 20.4. The highest BCUT2D eigenvalue weighted by Gasteiger charge is 2.22. The fraction of sp³-hybridized carbons (Fsp3) is 0.136. The van der Waals surface area contributed by atoms with E-state index in [-0.39, 0.29) is 16.4 Å². The number of para-hydroxylation sites is 2. The summed E-state index contributed by atoms with van der Waals surface area (Å²) in [5.41, 5.74) is 0.813. The Morgan fingerprint density at radius 1 is 0.931 bits per heavy atom. The predicted octanol–water partition coefficient (Wildman–Crippen LogP) is 3.32. The summed E-state index contributed by atoms with van der Waals surface area (Å²) in [4.78, 5) is 12.5. The number of hydrogen-bond acceptors (Lipinski definition) is 4. The number of hydrogen-bond donors (Lipinski definition) is 1. The average molecular weight is 410 g/mol. The van der Waals surface area contributed by atoms with Crippen LogP contribution in [0, 0.1) is 0 Å². The molecule has 0 aromatic heterocycles. The van der Waals surface area contributed by atoms with E-state index in [2.05, 4.69) is 5.32 Å². The smallest absolute Gasteiger partial charge is 0.264 e. The quantitative estimate of drug-likeness (QED) is 0.578. The van der Waals surface area contributed by atoms with Gasteiger partial charge in [0.2, 0.25) is 0 Å². The van der Waals surface area contributed by atoms with E-state index in [9.17, 15) is 13.2 Å². The summed E-state index contributed by atoms with van der Waals surface area (Å²) in [5.74, 6) is 0.361. The molecule has 7 heteroatoms. The van der Waals surface area contributed by atoms with Gasteiger partial charge in [0.15, 0.2) is 0 Å². The second-order valence-corrected chi connectivity index (χ2v) is 8.22. The summed E-state index contributed by atoms with van der Waals surface area (Å²) < 4.78 is 32.5. The molecule has 0 heterocycles. The first-order valence-electron chi connectivity index (χ1n) is 9.08. The number of benzene rings is 3. The Labute approximate surface area is 170 Å². The molecule has 0 spiro atoms. The van der Waals surface area contributed by atoms with E-state index in [4.69, 9.17) is 4.74 Å². The number of ether oxygens (including phenoxy) is 1. The summed E-state index contributed by atoms with van der Waals surface area (Å²) in [6.07, 6.45) is 0. The molecular weight excluding hydrogens is 388 g/mol. The predicted molar refractivity (Wildman–Crippen MR) is 113 cm³/mol. The van der Waals surface area contributed by atoms with Crippen LogP contribution in [-0.2, 0) is 10.0 Å². The topological polar surface area (TPSA) is 75.7 Å². The number of carbonyl (C=O) groups excluding carboxylic acids is 1. The van der Waals surface area contributed by atoms with E-state index in [0.29, 0.717) is 18.8 Å². The molecule has 0 unspecified atom stereocenters. The van der Waals surface area contributed by atoms with Crippen molar-refractivity contribution in [3.8, 4) is 5.75 Å². The third kappa shape index (κ3) is 5.14. The second-order valence-electron chi connectivity index (χ2n) is 6.25. The van der Waals surface area contributed by atoms with Gasteiger partial charge in [0.25, 0.3) is 15.9 Å². The van der Waals surface area contributed by atoms with Crippen LogP contribution in [0.5, 0.6) is 5.75 Å². The van der Waals surface area contributed by atoms with Crippen molar-refractivity contribution < 1.29 is 17.9 Å². The second kappa shape index (κ2) is 9.25. The van der Waals surface area contributed by atoms with Gasteiger partial charge in [0.1, 0.15) is 12.4 Å². The maximum absolute atomic E-state index is 12.9. The van der Waals surface area contributed by atoms with Crippen molar-refractivity contribution in [3.63, 3.8) is 0 Å². The van der Waals surface area contributed by atoms with Crippen LogP contribution in [0.15, 0.2) is 89.8 Å². The molecule has 0 saturated heterocycles. The first-order chi connectivity index (χ1) is 14.0. The Kier molecular flexibility index (Phi) is 6.51. The van der Waals surface area contributed by atoms with Gasteiger partial charge >= 0.3 is 0 Å². The minimum Gasteiger partial charge on any atom is -0.492 e. The SMILES string of the molecule is CN(c1ccccc1)S(=O)(=O)c1cccc(C(=O)NCCOc2ccccc2)c1. The third-order valence-corrected chi connectivity index (χ3v) is 6.06. The van der Waals surface area contributed by atoms with Gasteiger partial charge < -0.3 is 10.1 Å². The Hall–Kier alpha value is -3.32. The highest BCUT2D eigenvalue weighted by molar-refractivity contribution is 7.92. The molecule has 1 N–H and O–H groups in total. The maximum Gasteiger partial charge on any atom is 0.264 e. The minimum atomic E-state index is -3.78. The molecule has 0 aliphatic rings. The molecule has 0 fully saturated rings. The van der Waals surface area contributed by atoms with E-state index < -0.39 is 10.0 Å². The number of anilines is 1. The molecule has 0 bridgehead atoms. The molecule has 3 aromatic rings. The van der Waals surface area contributed by atoms with E-state index in [0.717, 1.165) is 5.75 Å². The lowest BCUT2D eigenvalue weighted by atomic mass is 10.2. The van der Waals surface area contributed by atoms with E-state index in [1.54, 1.807) is 36.4 Å². The van der Waals surface area contributed by atoms with Crippen LogP contribution in [0.2, 0.25) is 0 Å². The molecule has 0 radical (unpaired) electrons. The van der Waals surface area contributed by atoms with Crippen LogP contribution >= 0.6 is 0 Å². The molecule has 1 amide bonds. The lowest BCUT2D eigenvalue weighted by Crippen LogP contribution is -2.29. The van der Waals surface area contributed by atoms with Crippen LogP contribution in [0.1, 0.15) is 10.4 Å². The van der Waals surface area contributed by atoms with Crippen LogP contribution in [0.4, 0.5) is 5.69 Å². The Bertz CT molecular complexity index is 1050. The third-order valence-electron chi connectivity index (χ3n) is 4.27. The molecular formula is C22H22N2O4S. The number of nitrogens with one attached hydrogen (secondary N) is 1. The zero-order valence-electron chi connectivity index (χ0n) is 16.0. The van der Waals surface area contributed by atoms with Crippen molar-refractivity contribution >= 4 is 21.6 Å². The van der Waals surface area contributed by atoms with Crippen molar-refractivity contribution in [2.75, 3.05) is 24.5 Å². The van der Waals surface area contributed by atoms with Crippen molar-refractivity contribution in [1.82, 2.24) is 5.32 Å². The van der Waals surface area contributed by atoms with Gasteiger partial charge in [-0.05, 0) is 42.5 Å². The Morgan fingerprint density at radius 2 is 1.59 bits per heavy atom. The lowest BCUT2D eigenvalue weighted by molar-refractivity contribution is 0.0947. The molecule has 0 saturated carbocycles. The largest absolute Gasteiger partial charge is 0.492 e. The van der Waals surface area contributed by atoms with Crippen LogP contribution in [-0.4, -0.2) is 34.5 Å². The van der Waals surface area contributed by atoms with E-state index in [1.165, 1.54) is 23.5 Å². The Morgan fingerprint density at radius 3 is 2.28 bits per heavy atom. The monoisotopic (exact) mass is 410 g/mol. The lowest BCUT2D eigenvalue weighted by Gasteiger charge is -2.19. The fourth-order valence-corrected chi connectivity index (χ4v) is 3.93. The van der Waals surface area contributed by atoms with Gasteiger partial charge in [0.05, 0.1) is 17.1 Å². The van der Waals surface area contributed by atoms with Crippen molar-refractivity contribution in [2.45, 2.75) is 4.90 Å². The summed E-state index contributed by atoms with van der Waals surface area (Å²) in [6, 6.07) is 24.0. The zero-order valence-corrected chi connectivity index (χ0v) is 16.8. The van der Waals surface area contributed by atoms with Gasteiger partial charge in [-0.2, -0.15) is 0 Å². The number of sulfonamides is 1. The zero-order chi connectivity index (χ0) is 20.7. The molecule has 0 aliphatic heterocycles. The Balaban J connectivity index is 1.64. The standard InChI is InChI=1S/C22H22N2O4S/c1-24(19-10-4-2-5-11-19)29(26,27)21-14-8-9-18(17-21)22(25)23-15-16-28-20-12-6-3-7-13-20/h2-14,17H,15-16H2,1H3,(H,23,25). The minimum absolute atomic E-state index is 0.0528. The number of rotatable bonds is 8. The number of amides is 1. The molecule has 6 nitrogen and oxygen atoms in total. The van der Waals surface area contributed by atoms with Crippen LogP contribution in [0.3, 0.4) is 0 Å². The number of carbonyl (C=O) groups is 1. The molecule has 0 aliphatic carbocycles. The van der Waals surface area contributed by atoms with Crippen molar-refractivity contribution in [1.29, 1.82) is 0 Å². The summed E-state index contributed by atoms with van der Waals surface area (Å²) in [7, 11) is -2.30. The molecule has 29 heavy (non-hydrogen) atoms. The highest BCUT2D eigenvalue weighted by Crippen LogP contribution is 2.22. The first-order valence-corrected chi connectivity index (χ1v) is 10.5. The summed E-state index contributed by atoms with van der Waals surface area (Å²) in [6.45, 7) is 0.610. The van der Waals surface area contributed by atoms with Crippen molar-refractivity contribution in [2.24, 2.45) is 0 Å². The maximum atomic E-state index is 12.9. The van der Waals surface area contributed by atoms with Gasteiger partial charge in [0, 0.05) is 12.6 Å². The fourth-order valence-electron chi connectivity index (χ4n) is 2.68. The van der Waals surface area contributed by atoms with E-state index >= 15 is 0 Å². The van der Waals surface area contributed by atoms with Crippen LogP contribution in [0.25, 0.3) is 0 Å². The summed E-state index contributed by atoms with van der Waals surface area (Å²) in [5, 5.41) is 2.74. The average Bonchev–Trinajstić information content (AvgIpc) is 2.77. The van der Waals surface area contributed by atoms with Gasteiger partial charge in [-0.3, -0.25) is 9.10 Å². The molecule has 150 valence electrons.